The molecule has 2 nitrogen and oxygen atoms in total. The van der Waals surface area contributed by atoms with Gasteiger partial charge in [-0.15, -0.1) is 0 Å². The van der Waals surface area contributed by atoms with Crippen LogP contribution in [-0.2, 0) is 11.3 Å². The van der Waals surface area contributed by atoms with Gasteiger partial charge in [-0.25, -0.2) is 0 Å². The second-order valence-electron chi connectivity index (χ2n) is 5.13. The average molecular weight is 231 g/mol. The van der Waals surface area contributed by atoms with Gasteiger partial charge in [-0.1, -0.05) is 24.3 Å². The van der Waals surface area contributed by atoms with Crippen LogP contribution in [0.1, 0.15) is 36.8 Å². The van der Waals surface area contributed by atoms with Crippen LogP contribution in [0.15, 0.2) is 24.3 Å². The largest absolute Gasteiger partial charge is 0.300 e. The maximum absolute atomic E-state index is 11.5. The van der Waals surface area contributed by atoms with E-state index in [1.165, 1.54) is 11.1 Å². The fraction of sp³-hybridized carbons (Fsp3) is 0.533. The molecular weight excluding hydrogens is 210 g/mol. The van der Waals surface area contributed by atoms with Gasteiger partial charge in [0.1, 0.15) is 5.78 Å². The zero-order valence-corrected chi connectivity index (χ0v) is 10.8. The van der Waals surface area contributed by atoms with Crippen LogP contribution >= 0.6 is 0 Å². The van der Waals surface area contributed by atoms with Crippen LogP contribution < -0.4 is 0 Å². The zero-order chi connectivity index (χ0) is 12.3. The maximum Gasteiger partial charge on any atom is 0.134 e. The Labute approximate surface area is 104 Å². The normalized spacial score (nSPS) is 20.9. The Morgan fingerprint density at radius 2 is 2.12 bits per heavy atom. The molecule has 0 saturated heterocycles. The van der Waals surface area contributed by atoms with Crippen LogP contribution in [0, 0.1) is 6.92 Å². The number of carbonyl (C=O) groups is 1. The first kappa shape index (κ1) is 12.3. The second kappa shape index (κ2) is 5.46. The van der Waals surface area contributed by atoms with Crippen molar-refractivity contribution in [3.8, 4) is 0 Å². The summed E-state index contributed by atoms with van der Waals surface area (Å²) in [7, 11) is 2.13. The lowest BCUT2D eigenvalue weighted by Gasteiger charge is -2.30. The Morgan fingerprint density at radius 3 is 2.82 bits per heavy atom. The Morgan fingerprint density at radius 1 is 1.35 bits per heavy atom. The minimum Gasteiger partial charge on any atom is -0.300 e. The lowest BCUT2D eigenvalue weighted by molar-refractivity contribution is -0.121. The van der Waals surface area contributed by atoms with Crippen LogP contribution in [0.3, 0.4) is 0 Å². The fourth-order valence-electron chi connectivity index (χ4n) is 2.56. The van der Waals surface area contributed by atoms with E-state index >= 15 is 0 Å². The number of ketones is 1. The first-order valence-corrected chi connectivity index (χ1v) is 6.43. The first-order chi connectivity index (χ1) is 8.16. The molecule has 92 valence electrons. The van der Waals surface area contributed by atoms with Gasteiger partial charge in [0.25, 0.3) is 0 Å². The molecule has 1 aliphatic rings. The molecule has 0 bridgehead atoms. The van der Waals surface area contributed by atoms with E-state index in [4.69, 9.17) is 0 Å². The van der Waals surface area contributed by atoms with Gasteiger partial charge in [0.15, 0.2) is 0 Å². The summed E-state index contributed by atoms with van der Waals surface area (Å²) in [5, 5.41) is 0. The molecule has 0 aromatic heterocycles. The molecule has 2 rings (SSSR count). The third-order valence-corrected chi connectivity index (χ3v) is 3.76. The van der Waals surface area contributed by atoms with Crippen LogP contribution in [0.25, 0.3) is 0 Å². The molecule has 2 heteroatoms. The number of carbonyl (C=O) groups excluding carboxylic acids is 1. The lowest BCUT2D eigenvalue weighted by atomic mass is 9.93. The minimum absolute atomic E-state index is 0.429. The summed E-state index contributed by atoms with van der Waals surface area (Å²) in [4.78, 5) is 13.8. The molecule has 1 fully saturated rings. The highest BCUT2D eigenvalue weighted by atomic mass is 16.1. The summed E-state index contributed by atoms with van der Waals surface area (Å²) in [6, 6.07) is 8.92. The number of Topliss-reactive ketones (excluding diaryl/α,β-unsaturated/α-hetero) is 1. The predicted molar refractivity (Wildman–Crippen MR) is 69.9 cm³/mol. The van der Waals surface area contributed by atoms with Gasteiger partial charge in [0.2, 0.25) is 0 Å². The van der Waals surface area contributed by atoms with Gasteiger partial charge < -0.3 is 0 Å². The van der Waals surface area contributed by atoms with E-state index in [-0.39, 0.29) is 0 Å². The van der Waals surface area contributed by atoms with E-state index < -0.39 is 0 Å². The van der Waals surface area contributed by atoms with Gasteiger partial charge in [0.05, 0.1) is 0 Å². The van der Waals surface area contributed by atoms with Crippen molar-refractivity contribution in [2.75, 3.05) is 7.05 Å². The number of benzene rings is 1. The highest BCUT2D eigenvalue weighted by molar-refractivity contribution is 5.79. The number of aryl methyl sites for hydroxylation is 1. The first-order valence-electron chi connectivity index (χ1n) is 6.43. The molecule has 0 heterocycles. The van der Waals surface area contributed by atoms with Gasteiger partial charge in [-0.2, -0.15) is 0 Å². The topological polar surface area (TPSA) is 20.3 Å². The molecule has 1 saturated carbocycles. The molecule has 1 unspecified atom stereocenters. The Balaban J connectivity index is 1.99. The summed E-state index contributed by atoms with van der Waals surface area (Å²) >= 11 is 0. The molecule has 0 spiro atoms. The Kier molecular flexibility index (Phi) is 3.95. The van der Waals surface area contributed by atoms with Crippen LogP contribution in [0.5, 0.6) is 0 Å². The van der Waals surface area contributed by atoms with Gasteiger partial charge >= 0.3 is 0 Å². The summed E-state index contributed by atoms with van der Waals surface area (Å²) < 4.78 is 0. The minimum atomic E-state index is 0.429. The molecule has 1 aliphatic carbocycles. The van der Waals surface area contributed by atoms with E-state index in [0.29, 0.717) is 11.8 Å². The molecule has 1 aromatic rings. The second-order valence-corrected chi connectivity index (χ2v) is 5.13. The average Bonchev–Trinajstić information content (AvgIpc) is 2.32. The molecular formula is C15H21NO. The standard InChI is InChI=1S/C15H21NO/c1-12-6-3-4-7-13(12)11-16(2)14-8-5-9-15(17)10-14/h3-4,6-7,14H,5,8-11H2,1-2H3. The van der Waals surface area contributed by atoms with Crippen molar-refractivity contribution in [3.63, 3.8) is 0 Å². The van der Waals surface area contributed by atoms with E-state index in [2.05, 4.69) is 43.1 Å². The molecule has 0 N–H and O–H groups in total. The highest BCUT2D eigenvalue weighted by Crippen LogP contribution is 2.21. The summed E-state index contributed by atoms with van der Waals surface area (Å²) in [5.74, 6) is 0.429. The van der Waals surface area contributed by atoms with E-state index in [9.17, 15) is 4.79 Å². The van der Waals surface area contributed by atoms with Crippen molar-refractivity contribution >= 4 is 5.78 Å². The molecule has 0 aliphatic heterocycles. The van der Waals surface area contributed by atoms with Gasteiger partial charge in [-0.3, -0.25) is 9.69 Å². The van der Waals surface area contributed by atoms with Crippen molar-refractivity contribution < 1.29 is 4.79 Å². The zero-order valence-electron chi connectivity index (χ0n) is 10.8. The maximum atomic E-state index is 11.5. The van der Waals surface area contributed by atoms with Crippen molar-refractivity contribution in [3.05, 3.63) is 35.4 Å². The molecule has 0 amide bonds. The van der Waals surface area contributed by atoms with E-state index in [1.54, 1.807) is 0 Å². The van der Waals surface area contributed by atoms with Gasteiger partial charge in [0, 0.05) is 25.4 Å². The van der Waals surface area contributed by atoms with E-state index in [0.717, 1.165) is 32.2 Å². The molecule has 1 atom stereocenters. The number of nitrogens with zero attached hydrogens (tertiary/aromatic N) is 1. The van der Waals surface area contributed by atoms with E-state index in [1.807, 2.05) is 0 Å². The van der Waals surface area contributed by atoms with Crippen molar-refractivity contribution in [2.24, 2.45) is 0 Å². The summed E-state index contributed by atoms with van der Waals surface area (Å²) in [5.41, 5.74) is 2.70. The molecule has 1 aromatic carbocycles. The van der Waals surface area contributed by atoms with Crippen molar-refractivity contribution in [2.45, 2.75) is 45.2 Å². The van der Waals surface area contributed by atoms with Crippen LogP contribution in [0.4, 0.5) is 0 Å². The van der Waals surface area contributed by atoms with Crippen molar-refractivity contribution in [1.82, 2.24) is 4.90 Å². The van der Waals surface area contributed by atoms with Crippen LogP contribution in [0.2, 0.25) is 0 Å². The molecule has 17 heavy (non-hydrogen) atoms. The quantitative estimate of drug-likeness (QED) is 0.797. The SMILES string of the molecule is Cc1ccccc1CN(C)C1CCCC(=O)C1. The summed E-state index contributed by atoms with van der Waals surface area (Å²) in [6.07, 6.45) is 3.74. The predicted octanol–water partition coefficient (Wildman–Crippen LogP) is 2.94. The van der Waals surface area contributed by atoms with Crippen LogP contribution in [-0.4, -0.2) is 23.8 Å². The van der Waals surface area contributed by atoms with Crippen molar-refractivity contribution in [1.29, 1.82) is 0 Å². The number of rotatable bonds is 3. The third-order valence-electron chi connectivity index (χ3n) is 3.76. The lowest BCUT2D eigenvalue weighted by Crippen LogP contribution is -2.35. The monoisotopic (exact) mass is 231 g/mol. The van der Waals surface area contributed by atoms with Gasteiger partial charge in [-0.05, 0) is 37.9 Å². The highest BCUT2D eigenvalue weighted by Gasteiger charge is 2.22. The summed E-state index contributed by atoms with van der Waals surface area (Å²) in [6.45, 7) is 3.10. The Hall–Kier alpha value is -1.15. The molecule has 0 radical (unpaired) electrons. The number of hydrogen-bond acceptors (Lipinski definition) is 2. The third kappa shape index (κ3) is 3.16. The Bertz CT molecular complexity index is 400. The fourth-order valence-corrected chi connectivity index (χ4v) is 2.56. The smallest absolute Gasteiger partial charge is 0.134 e. The number of hydrogen-bond donors (Lipinski definition) is 0.